The number of carbonyl (C=O) groups is 1. The van der Waals surface area contributed by atoms with Gasteiger partial charge in [0, 0.05) is 30.6 Å². The van der Waals surface area contributed by atoms with E-state index in [0.717, 1.165) is 29.7 Å². The molecule has 1 saturated heterocycles. The Morgan fingerprint density at radius 3 is 2.84 bits per heavy atom. The zero-order valence-corrected chi connectivity index (χ0v) is 16.4. The lowest BCUT2D eigenvalue weighted by Gasteiger charge is -2.22. The molecular formula is C23H18F2N4O2. The summed E-state index contributed by atoms with van der Waals surface area (Å²) in [5.74, 6) is -1.09. The molecule has 2 aromatic carbocycles. The van der Waals surface area contributed by atoms with Crippen LogP contribution in [0.25, 0.3) is 22.2 Å². The quantitative estimate of drug-likeness (QED) is 0.473. The maximum absolute atomic E-state index is 13.9. The summed E-state index contributed by atoms with van der Waals surface area (Å²) in [6, 6.07) is 11.7. The highest BCUT2D eigenvalue weighted by molar-refractivity contribution is 5.90. The molecule has 8 heteroatoms. The van der Waals surface area contributed by atoms with E-state index in [1.165, 1.54) is 6.07 Å². The topological polar surface area (TPSA) is 71.3 Å². The SMILES string of the molecule is O=C(Nc1ccc(F)cc1F)N1CCC[C@@H]1c1nc2cc(-c3cccnc3)ccc2o1. The minimum Gasteiger partial charge on any atom is -0.438 e. The smallest absolute Gasteiger partial charge is 0.322 e. The average molecular weight is 420 g/mol. The van der Waals surface area contributed by atoms with Crippen molar-refractivity contribution in [3.05, 3.63) is 78.4 Å². The first kappa shape index (κ1) is 19.2. The van der Waals surface area contributed by atoms with Gasteiger partial charge in [-0.25, -0.2) is 18.6 Å². The van der Waals surface area contributed by atoms with Crippen LogP contribution in [0.15, 0.2) is 65.3 Å². The maximum atomic E-state index is 13.9. The Kier molecular flexibility index (Phi) is 4.82. The first-order chi connectivity index (χ1) is 15.1. The first-order valence-electron chi connectivity index (χ1n) is 9.92. The molecule has 1 fully saturated rings. The summed E-state index contributed by atoms with van der Waals surface area (Å²) in [6.45, 7) is 0.485. The number of halogens is 2. The fraction of sp³-hybridized carbons (Fsp3) is 0.174. The lowest BCUT2D eigenvalue weighted by molar-refractivity contribution is 0.198. The maximum Gasteiger partial charge on any atom is 0.322 e. The van der Waals surface area contributed by atoms with E-state index < -0.39 is 17.7 Å². The number of hydrogen-bond donors (Lipinski definition) is 1. The van der Waals surface area contributed by atoms with Crippen LogP contribution in [0.2, 0.25) is 0 Å². The van der Waals surface area contributed by atoms with E-state index in [1.54, 1.807) is 17.3 Å². The fourth-order valence-corrected chi connectivity index (χ4v) is 3.85. The van der Waals surface area contributed by atoms with Crippen molar-refractivity contribution in [2.75, 3.05) is 11.9 Å². The van der Waals surface area contributed by atoms with Crippen LogP contribution in [0.3, 0.4) is 0 Å². The number of carbonyl (C=O) groups excluding carboxylic acids is 1. The molecule has 2 aromatic heterocycles. The van der Waals surface area contributed by atoms with Crippen molar-refractivity contribution in [1.82, 2.24) is 14.9 Å². The Morgan fingerprint density at radius 1 is 1.13 bits per heavy atom. The summed E-state index contributed by atoms with van der Waals surface area (Å²) in [7, 11) is 0. The Morgan fingerprint density at radius 2 is 2.03 bits per heavy atom. The summed E-state index contributed by atoms with van der Waals surface area (Å²) in [4.78, 5) is 23.1. The minimum atomic E-state index is -0.825. The second-order valence-electron chi connectivity index (χ2n) is 7.38. The number of nitrogens with zero attached hydrogens (tertiary/aromatic N) is 3. The van der Waals surface area contributed by atoms with Gasteiger partial charge in [-0.05, 0) is 48.7 Å². The number of likely N-dealkylation sites (tertiary alicyclic amines) is 1. The van der Waals surface area contributed by atoms with Gasteiger partial charge in [-0.2, -0.15) is 0 Å². The predicted octanol–water partition coefficient (Wildman–Crippen LogP) is 5.54. The third-order valence-corrected chi connectivity index (χ3v) is 5.37. The normalized spacial score (nSPS) is 16.1. The molecule has 0 unspecified atom stereocenters. The summed E-state index contributed by atoms with van der Waals surface area (Å²) in [6.07, 6.45) is 4.94. The second kappa shape index (κ2) is 7.79. The van der Waals surface area contributed by atoms with E-state index in [9.17, 15) is 13.6 Å². The Bertz CT molecular complexity index is 1260. The molecule has 31 heavy (non-hydrogen) atoms. The molecule has 1 N–H and O–H groups in total. The summed E-state index contributed by atoms with van der Waals surface area (Å²) in [5.41, 5.74) is 3.17. The summed E-state index contributed by atoms with van der Waals surface area (Å²) < 4.78 is 33.0. The number of pyridine rings is 1. The highest BCUT2D eigenvalue weighted by Crippen LogP contribution is 2.34. The average Bonchev–Trinajstić information content (AvgIpc) is 3.42. The van der Waals surface area contributed by atoms with Gasteiger partial charge in [0.1, 0.15) is 23.2 Å². The third-order valence-electron chi connectivity index (χ3n) is 5.37. The van der Waals surface area contributed by atoms with Gasteiger partial charge >= 0.3 is 6.03 Å². The van der Waals surface area contributed by atoms with Crippen LogP contribution in [0.4, 0.5) is 19.3 Å². The Hall–Kier alpha value is -3.81. The molecule has 3 heterocycles. The van der Waals surface area contributed by atoms with E-state index in [2.05, 4.69) is 15.3 Å². The zero-order valence-electron chi connectivity index (χ0n) is 16.4. The fourth-order valence-electron chi connectivity index (χ4n) is 3.85. The number of benzene rings is 2. The Balaban J connectivity index is 1.40. The molecule has 5 rings (SSSR count). The predicted molar refractivity (Wildman–Crippen MR) is 111 cm³/mol. The molecular weight excluding hydrogens is 402 g/mol. The van der Waals surface area contributed by atoms with Gasteiger partial charge < -0.3 is 14.6 Å². The van der Waals surface area contributed by atoms with Gasteiger partial charge in [0.05, 0.1) is 5.69 Å². The highest BCUT2D eigenvalue weighted by atomic mass is 19.1. The van der Waals surface area contributed by atoms with E-state index in [4.69, 9.17) is 4.42 Å². The van der Waals surface area contributed by atoms with Crippen molar-refractivity contribution in [3.63, 3.8) is 0 Å². The van der Waals surface area contributed by atoms with E-state index in [1.807, 2.05) is 30.3 Å². The van der Waals surface area contributed by atoms with E-state index in [-0.39, 0.29) is 11.7 Å². The molecule has 4 aromatic rings. The first-order valence-corrected chi connectivity index (χ1v) is 9.92. The van der Waals surface area contributed by atoms with Gasteiger partial charge in [0.2, 0.25) is 5.89 Å². The van der Waals surface area contributed by atoms with Crippen LogP contribution < -0.4 is 5.32 Å². The monoisotopic (exact) mass is 420 g/mol. The van der Waals surface area contributed by atoms with Crippen molar-refractivity contribution in [2.45, 2.75) is 18.9 Å². The van der Waals surface area contributed by atoms with Crippen molar-refractivity contribution in [3.8, 4) is 11.1 Å². The van der Waals surface area contributed by atoms with E-state index >= 15 is 0 Å². The number of fused-ring (bicyclic) bond motifs is 1. The van der Waals surface area contributed by atoms with Gasteiger partial charge in [-0.1, -0.05) is 12.1 Å². The molecule has 0 spiro atoms. The van der Waals surface area contributed by atoms with Crippen LogP contribution in [0.5, 0.6) is 0 Å². The molecule has 1 aliphatic rings. The molecule has 156 valence electrons. The molecule has 0 saturated carbocycles. The third kappa shape index (κ3) is 3.72. The van der Waals surface area contributed by atoms with Crippen LogP contribution in [-0.4, -0.2) is 27.4 Å². The number of hydrogen-bond acceptors (Lipinski definition) is 4. The van der Waals surface area contributed by atoms with Crippen molar-refractivity contribution < 1.29 is 18.0 Å². The number of oxazole rings is 1. The zero-order chi connectivity index (χ0) is 21.4. The number of nitrogens with one attached hydrogen (secondary N) is 1. The largest absolute Gasteiger partial charge is 0.438 e. The molecule has 0 bridgehead atoms. The standard InChI is InChI=1S/C23H18F2N4O2/c24-16-6-7-18(17(25)12-16)28-23(30)29-10-2-4-20(29)22-27-19-11-14(5-8-21(19)31-22)15-3-1-9-26-13-15/h1,3,5-9,11-13,20H,2,4,10H2,(H,28,30)/t20-/m1/s1. The van der Waals surface area contributed by atoms with E-state index in [0.29, 0.717) is 30.0 Å². The molecule has 1 atom stereocenters. The lowest BCUT2D eigenvalue weighted by Crippen LogP contribution is -2.34. The lowest BCUT2D eigenvalue weighted by atomic mass is 10.1. The molecule has 0 aliphatic carbocycles. The highest BCUT2D eigenvalue weighted by Gasteiger charge is 2.34. The minimum absolute atomic E-state index is 0.0734. The number of amides is 2. The van der Waals surface area contributed by atoms with Crippen LogP contribution in [-0.2, 0) is 0 Å². The number of anilines is 1. The van der Waals surface area contributed by atoms with Crippen molar-refractivity contribution >= 4 is 22.8 Å². The van der Waals surface area contributed by atoms with Crippen molar-refractivity contribution in [2.24, 2.45) is 0 Å². The number of rotatable bonds is 3. The van der Waals surface area contributed by atoms with Gasteiger partial charge in [0.25, 0.3) is 0 Å². The molecule has 0 radical (unpaired) electrons. The summed E-state index contributed by atoms with van der Waals surface area (Å²) in [5, 5.41) is 2.51. The second-order valence-corrected chi connectivity index (χ2v) is 7.38. The Labute approximate surface area is 176 Å². The van der Waals surface area contributed by atoms with Gasteiger partial charge in [-0.3, -0.25) is 4.98 Å². The van der Waals surface area contributed by atoms with Crippen molar-refractivity contribution in [1.29, 1.82) is 0 Å². The van der Waals surface area contributed by atoms with Crippen LogP contribution in [0, 0.1) is 11.6 Å². The van der Waals surface area contributed by atoms with Crippen LogP contribution in [0.1, 0.15) is 24.8 Å². The summed E-state index contributed by atoms with van der Waals surface area (Å²) >= 11 is 0. The number of aromatic nitrogens is 2. The van der Waals surface area contributed by atoms with Crippen LogP contribution >= 0.6 is 0 Å². The van der Waals surface area contributed by atoms with Gasteiger partial charge in [-0.15, -0.1) is 0 Å². The molecule has 6 nitrogen and oxygen atoms in total. The van der Waals surface area contributed by atoms with Gasteiger partial charge in [0.15, 0.2) is 5.58 Å². The molecule has 2 amide bonds. The number of urea groups is 1. The molecule has 1 aliphatic heterocycles.